The number of benzene rings is 2. The van der Waals surface area contributed by atoms with E-state index in [4.69, 9.17) is 10.2 Å². The molecule has 6 heteroatoms. The lowest BCUT2D eigenvalue weighted by Crippen LogP contribution is -1.97. The number of nitrogens with zero attached hydrogens (tertiary/aromatic N) is 2. The Hall–Kier alpha value is -3.54. The second kappa shape index (κ2) is 4.73. The quantitative estimate of drug-likeness (QED) is 0.465. The lowest BCUT2D eigenvalue weighted by Gasteiger charge is -2.10. The summed E-state index contributed by atoms with van der Waals surface area (Å²) in [6.07, 6.45) is 1.73. The average Bonchev–Trinajstić information content (AvgIpc) is 3.32. The average molecular weight is 315 g/mol. The summed E-state index contributed by atoms with van der Waals surface area (Å²) in [6.45, 7) is 0. The first-order valence-electron chi connectivity index (χ1n) is 7.55. The highest BCUT2D eigenvalue weighted by molar-refractivity contribution is 5.98. The van der Waals surface area contributed by atoms with E-state index >= 15 is 0 Å². The van der Waals surface area contributed by atoms with Crippen LogP contribution in [0.3, 0.4) is 0 Å². The third-order valence-electron chi connectivity index (χ3n) is 4.09. The molecule has 0 fully saturated rings. The molecule has 0 saturated heterocycles. The van der Waals surface area contributed by atoms with Crippen molar-refractivity contribution in [3.8, 4) is 11.3 Å². The van der Waals surface area contributed by atoms with Gasteiger partial charge in [-0.2, -0.15) is 5.10 Å². The van der Waals surface area contributed by atoms with Crippen LogP contribution in [0.15, 0.2) is 59.1 Å². The number of nitrogen functional groups attached to an aromatic ring is 1. The van der Waals surface area contributed by atoms with E-state index in [-0.39, 0.29) is 0 Å². The molecule has 0 spiro atoms. The lowest BCUT2D eigenvalue weighted by molar-refractivity contribution is 0.676. The number of aromatic amines is 1. The van der Waals surface area contributed by atoms with Crippen molar-refractivity contribution < 1.29 is 4.42 Å². The largest absolute Gasteiger partial charge is 0.455 e. The Morgan fingerprint density at radius 3 is 2.71 bits per heavy atom. The molecule has 0 saturated carbocycles. The summed E-state index contributed by atoms with van der Waals surface area (Å²) in [4.78, 5) is 4.46. The Balaban J connectivity index is 1.64. The molecule has 4 N–H and O–H groups in total. The number of hydrogen-bond acceptors (Lipinski definition) is 5. The van der Waals surface area contributed by atoms with Crippen molar-refractivity contribution >= 4 is 39.3 Å². The summed E-state index contributed by atoms with van der Waals surface area (Å²) in [6, 6.07) is 15.7. The van der Waals surface area contributed by atoms with Gasteiger partial charge in [-0.15, -0.1) is 0 Å². The smallest absolute Gasteiger partial charge is 0.151 e. The van der Waals surface area contributed by atoms with Crippen LogP contribution in [0.25, 0.3) is 33.3 Å². The van der Waals surface area contributed by atoms with Gasteiger partial charge in [0.1, 0.15) is 11.4 Å². The number of nitrogens with one attached hydrogen (secondary N) is 2. The van der Waals surface area contributed by atoms with Gasteiger partial charge in [-0.3, -0.25) is 5.10 Å². The zero-order chi connectivity index (χ0) is 16.1. The molecule has 5 rings (SSSR count). The number of furan rings is 2. The first kappa shape index (κ1) is 13.0. The van der Waals surface area contributed by atoms with Gasteiger partial charge in [-0.1, -0.05) is 12.1 Å². The van der Waals surface area contributed by atoms with E-state index < -0.39 is 0 Å². The topological polar surface area (TPSA) is 92.8 Å². The minimum Gasteiger partial charge on any atom is -0.455 e. The summed E-state index contributed by atoms with van der Waals surface area (Å²) < 4.78 is 5.58. The summed E-state index contributed by atoms with van der Waals surface area (Å²) in [7, 11) is 0. The molecule has 116 valence electrons. The highest BCUT2D eigenvalue weighted by Crippen LogP contribution is 2.34. The molecule has 24 heavy (non-hydrogen) atoms. The van der Waals surface area contributed by atoms with Gasteiger partial charge in [-0.25, -0.2) is 4.98 Å². The van der Waals surface area contributed by atoms with Gasteiger partial charge in [0.05, 0.1) is 22.6 Å². The third-order valence-corrected chi connectivity index (χ3v) is 4.09. The molecule has 0 aliphatic carbocycles. The summed E-state index contributed by atoms with van der Waals surface area (Å²) in [5.41, 5.74) is 12.3. The van der Waals surface area contributed by atoms with Crippen LogP contribution in [-0.4, -0.2) is 15.2 Å². The monoisotopic (exact) mass is 315 g/mol. The van der Waals surface area contributed by atoms with Crippen LogP contribution < -0.4 is 11.1 Å². The maximum absolute atomic E-state index is 6.00. The number of rotatable bonds is 3. The van der Waals surface area contributed by atoms with Gasteiger partial charge in [0.2, 0.25) is 0 Å². The Morgan fingerprint density at radius 2 is 1.96 bits per heavy atom. The van der Waals surface area contributed by atoms with E-state index in [9.17, 15) is 0 Å². The standard InChI is InChI=1S/C18H13N5O/c19-18-9-15(21-16-8-11-2-4-17(16)24-11)12-3-1-10(7-14(12)22-18)13-5-6-20-23-13/h1-9H,(H,20,23)(H3,19,21,22). The fourth-order valence-electron chi connectivity index (χ4n) is 2.97. The van der Waals surface area contributed by atoms with E-state index in [1.807, 2.05) is 48.5 Å². The molecule has 2 bridgehead atoms. The normalized spacial score (nSPS) is 11.5. The van der Waals surface area contributed by atoms with Crippen molar-refractivity contribution in [2.24, 2.45) is 0 Å². The molecule has 4 aromatic heterocycles. The van der Waals surface area contributed by atoms with Crippen molar-refractivity contribution in [2.75, 3.05) is 11.1 Å². The number of H-pyrrole nitrogens is 1. The van der Waals surface area contributed by atoms with Gasteiger partial charge in [0.25, 0.3) is 0 Å². The van der Waals surface area contributed by atoms with Crippen molar-refractivity contribution in [3.63, 3.8) is 0 Å². The minimum atomic E-state index is 0.463. The van der Waals surface area contributed by atoms with Crippen LogP contribution in [0.1, 0.15) is 0 Å². The van der Waals surface area contributed by atoms with Gasteiger partial charge in [0.15, 0.2) is 5.58 Å². The van der Waals surface area contributed by atoms with E-state index in [2.05, 4.69) is 20.5 Å². The van der Waals surface area contributed by atoms with Crippen molar-refractivity contribution in [1.29, 1.82) is 0 Å². The van der Waals surface area contributed by atoms with Crippen molar-refractivity contribution in [2.45, 2.75) is 0 Å². The Kier molecular flexibility index (Phi) is 2.55. The second-order valence-electron chi connectivity index (χ2n) is 5.68. The van der Waals surface area contributed by atoms with E-state index in [1.54, 1.807) is 6.20 Å². The van der Waals surface area contributed by atoms with Gasteiger partial charge in [-0.05, 0) is 24.3 Å². The first-order valence-corrected chi connectivity index (χ1v) is 7.55. The van der Waals surface area contributed by atoms with Crippen LogP contribution in [0.2, 0.25) is 0 Å². The van der Waals surface area contributed by atoms with Crippen LogP contribution >= 0.6 is 0 Å². The number of nitrogens with two attached hydrogens (primary N) is 1. The number of pyridine rings is 1. The second-order valence-corrected chi connectivity index (χ2v) is 5.68. The van der Waals surface area contributed by atoms with Gasteiger partial charge in [0, 0.05) is 29.3 Å². The first-order chi connectivity index (χ1) is 11.8. The molecule has 0 unspecified atom stereocenters. The van der Waals surface area contributed by atoms with Crippen molar-refractivity contribution in [1.82, 2.24) is 15.2 Å². The maximum Gasteiger partial charge on any atom is 0.151 e. The highest BCUT2D eigenvalue weighted by atomic mass is 16.3. The SMILES string of the molecule is Nc1cc(Nc2cc3ccc2o3)c2ccc(-c3ccn[nH]3)cc2n1. The predicted molar refractivity (Wildman–Crippen MR) is 94.4 cm³/mol. The molecule has 0 radical (unpaired) electrons. The molecule has 0 aliphatic heterocycles. The summed E-state index contributed by atoms with van der Waals surface area (Å²) in [5.74, 6) is 0.463. The molecular formula is C18H13N5O. The lowest BCUT2D eigenvalue weighted by atomic mass is 10.1. The Bertz CT molecular complexity index is 1140. The fraction of sp³-hybridized carbons (Fsp3) is 0. The van der Waals surface area contributed by atoms with Crippen molar-refractivity contribution in [3.05, 3.63) is 54.7 Å². The van der Waals surface area contributed by atoms with Gasteiger partial charge < -0.3 is 15.5 Å². The summed E-state index contributed by atoms with van der Waals surface area (Å²) >= 11 is 0. The molecule has 5 aromatic rings. The van der Waals surface area contributed by atoms with E-state index in [0.717, 1.165) is 44.7 Å². The van der Waals surface area contributed by atoms with E-state index in [0.29, 0.717) is 5.82 Å². The molecule has 4 heterocycles. The minimum absolute atomic E-state index is 0.463. The fourth-order valence-corrected chi connectivity index (χ4v) is 2.97. The Morgan fingerprint density at radius 1 is 1.00 bits per heavy atom. The third kappa shape index (κ3) is 1.97. The van der Waals surface area contributed by atoms with Gasteiger partial charge >= 0.3 is 0 Å². The number of fused-ring (bicyclic) bond motifs is 3. The maximum atomic E-state index is 6.00. The molecular weight excluding hydrogens is 302 g/mol. The van der Waals surface area contributed by atoms with Crippen LogP contribution in [-0.2, 0) is 0 Å². The molecule has 6 nitrogen and oxygen atoms in total. The van der Waals surface area contributed by atoms with Crippen LogP contribution in [0.5, 0.6) is 0 Å². The zero-order valence-electron chi connectivity index (χ0n) is 12.6. The Labute approximate surface area is 136 Å². The van der Waals surface area contributed by atoms with Crippen LogP contribution in [0, 0.1) is 0 Å². The number of anilines is 3. The van der Waals surface area contributed by atoms with E-state index in [1.165, 1.54) is 0 Å². The zero-order valence-corrected chi connectivity index (χ0v) is 12.6. The summed E-state index contributed by atoms with van der Waals surface area (Å²) in [5, 5.41) is 11.3. The number of aromatic nitrogens is 3. The predicted octanol–water partition coefficient (Wildman–Crippen LogP) is 4.13. The molecule has 0 aliphatic rings. The molecule has 0 atom stereocenters. The number of hydrogen-bond donors (Lipinski definition) is 3. The molecule has 0 amide bonds. The highest BCUT2D eigenvalue weighted by Gasteiger charge is 2.11. The van der Waals surface area contributed by atoms with Crippen LogP contribution in [0.4, 0.5) is 17.2 Å². The molecule has 1 aromatic carbocycles.